The Labute approximate surface area is 345 Å². The van der Waals surface area contributed by atoms with Crippen molar-refractivity contribution in [2.45, 2.75) is 56.2 Å². The summed E-state index contributed by atoms with van der Waals surface area (Å²) < 4.78 is 63.5. The van der Waals surface area contributed by atoms with Crippen molar-refractivity contribution in [3.8, 4) is 11.3 Å². The number of carbonyl (C=O) groups excluding carboxylic acids is 4. The van der Waals surface area contributed by atoms with Gasteiger partial charge in [0.05, 0.1) is 42.8 Å². The zero-order valence-corrected chi connectivity index (χ0v) is 34.1. The Morgan fingerprint density at radius 3 is 2.59 bits per heavy atom. The number of amides is 5. The SMILES string of the molecule is CSC1CC(=O)N(CCOCCNC(=O)OCC(C)NC(=O)N(C[C@@H]2CNC[C@@H]2F)[C@@H](c2nc(-c3cc(F)ccc3F)cn2Cc2ccccc2)C2CCOCC2)C1=O. The van der Waals surface area contributed by atoms with Crippen molar-refractivity contribution in [1.29, 1.82) is 0 Å². The van der Waals surface area contributed by atoms with Crippen LogP contribution in [0.15, 0.2) is 54.7 Å². The molecule has 3 aliphatic rings. The summed E-state index contributed by atoms with van der Waals surface area (Å²) in [7, 11) is 0. The number of imide groups is 1. The Kier molecular flexibility index (Phi) is 15.7. The average Bonchev–Trinajstić information content (AvgIpc) is 3.92. The van der Waals surface area contributed by atoms with Crippen LogP contribution in [0, 0.1) is 23.5 Å². The van der Waals surface area contributed by atoms with Crippen molar-refractivity contribution in [2.75, 3.05) is 72.0 Å². The Hall–Kier alpha value is -4.65. The van der Waals surface area contributed by atoms with E-state index in [9.17, 15) is 23.6 Å². The standard InChI is InChI=1S/C41H52F3N7O7S/c1-26(25-58-41(55)46-12-16-57-17-13-50-36(52)19-35(59-2)39(50)53)47-40(54)51(23-29-20-45-21-33(29)44)37(28-10-14-56-15-11-28)38-48-34(31-18-30(42)8-9-32(31)43)24-49(38)22-27-6-4-3-5-7-27/h3-9,18,24,26,28-29,33,35,37,45H,10-17,19-23,25H2,1-2H3,(H,46,55)(H,47,54)/t26?,29-,33-,35?,37+/m0/s1. The number of carbonyl (C=O) groups is 4. The molecule has 14 nitrogen and oxygen atoms in total. The Balaban J connectivity index is 1.16. The predicted octanol–water partition coefficient (Wildman–Crippen LogP) is 4.54. The number of alkyl halides is 1. The van der Waals surface area contributed by atoms with E-state index in [2.05, 4.69) is 16.0 Å². The van der Waals surface area contributed by atoms with Gasteiger partial charge >= 0.3 is 12.1 Å². The zero-order chi connectivity index (χ0) is 41.9. The highest BCUT2D eigenvalue weighted by atomic mass is 32.2. The van der Waals surface area contributed by atoms with E-state index in [4.69, 9.17) is 19.2 Å². The van der Waals surface area contributed by atoms with Gasteiger partial charge in [0.1, 0.15) is 30.2 Å². The maximum atomic E-state index is 15.3. The van der Waals surface area contributed by atoms with Crippen LogP contribution in [0.1, 0.15) is 43.6 Å². The Bertz CT molecular complexity index is 1900. The molecule has 3 aliphatic heterocycles. The van der Waals surface area contributed by atoms with Gasteiger partial charge in [0.2, 0.25) is 11.8 Å². The highest BCUT2D eigenvalue weighted by Crippen LogP contribution is 2.38. The fourth-order valence-electron chi connectivity index (χ4n) is 7.63. The van der Waals surface area contributed by atoms with Gasteiger partial charge in [0.25, 0.3) is 0 Å². The van der Waals surface area contributed by atoms with Crippen molar-refractivity contribution >= 4 is 35.7 Å². The van der Waals surface area contributed by atoms with Crippen LogP contribution in [0.5, 0.6) is 0 Å². The van der Waals surface area contributed by atoms with Crippen LogP contribution >= 0.6 is 11.8 Å². The summed E-state index contributed by atoms with van der Waals surface area (Å²) in [5.74, 6) is -2.02. The predicted molar refractivity (Wildman–Crippen MR) is 214 cm³/mol. The monoisotopic (exact) mass is 843 g/mol. The molecular weight excluding hydrogens is 792 g/mol. The van der Waals surface area contributed by atoms with E-state index >= 15 is 8.78 Å². The highest BCUT2D eigenvalue weighted by Gasteiger charge is 2.41. The lowest BCUT2D eigenvalue weighted by atomic mass is 9.89. The largest absolute Gasteiger partial charge is 0.447 e. The minimum Gasteiger partial charge on any atom is -0.447 e. The second-order valence-electron chi connectivity index (χ2n) is 15.0. The quantitative estimate of drug-likeness (QED) is 0.123. The van der Waals surface area contributed by atoms with Crippen molar-refractivity contribution in [3.05, 3.63) is 77.8 Å². The van der Waals surface area contributed by atoms with E-state index in [0.717, 1.165) is 23.8 Å². The first-order chi connectivity index (χ1) is 28.5. The van der Waals surface area contributed by atoms with Gasteiger partial charge in [-0.15, -0.1) is 0 Å². The van der Waals surface area contributed by atoms with E-state index in [0.29, 0.717) is 45.0 Å². The third kappa shape index (κ3) is 11.6. The summed E-state index contributed by atoms with van der Waals surface area (Å²) in [6.45, 7) is 3.65. The van der Waals surface area contributed by atoms with Crippen LogP contribution in [0.4, 0.5) is 22.8 Å². The molecule has 2 aromatic carbocycles. The number of hydrogen-bond acceptors (Lipinski definition) is 10. The van der Waals surface area contributed by atoms with Crippen LogP contribution < -0.4 is 16.0 Å². The number of benzene rings is 2. The molecule has 18 heteroatoms. The third-order valence-electron chi connectivity index (χ3n) is 10.8. The summed E-state index contributed by atoms with van der Waals surface area (Å²) >= 11 is 1.34. The summed E-state index contributed by atoms with van der Waals surface area (Å²) in [6, 6.07) is 10.8. The number of nitrogens with one attached hydrogen (secondary N) is 3. The number of halogens is 3. The van der Waals surface area contributed by atoms with Crippen LogP contribution in [0.2, 0.25) is 0 Å². The number of aromatic nitrogens is 2. The summed E-state index contributed by atoms with van der Waals surface area (Å²) in [6.07, 6.45) is 2.80. The number of likely N-dealkylation sites (tertiary alicyclic amines) is 1. The maximum Gasteiger partial charge on any atom is 0.407 e. The van der Waals surface area contributed by atoms with Crippen molar-refractivity contribution in [3.63, 3.8) is 0 Å². The summed E-state index contributed by atoms with van der Waals surface area (Å²) in [5, 5.41) is 8.23. The summed E-state index contributed by atoms with van der Waals surface area (Å²) in [5.41, 5.74) is 1.08. The van der Waals surface area contributed by atoms with E-state index in [-0.39, 0.29) is 86.7 Å². The molecule has 0 saturated carbocycles. The van der Waals surface area contributed by atoms with Gasteiger partial charge in [-0.2, -0.15) is 11.8 Å². The highest BCUT2D eigenvalue weighted by molar-refractivity contribution is 8.00. The molecule has 1 aromatic heterocycles. The number of urea groups is 1. The first kappa shape index (κ1) is 43.9. The minimum atomic E-state index is -1.21. The smallest absolute Gasteiger partial charge is 0.407 e. The van der Waals surface area contributed by atoms with Gasteiger partial charge in [-0.25, -0.2) is 27.7 Å². The molecular formula is C41H52F3N7O7S. The summed E-state index contributed by atoms with van der Waals surface area (Å²) in [4.78, 5) is 59.1. The van der Waals surface area contributed by atoms with Gasteiger partial charge < -0.3 is 39.6 Å². The van der Waals surface area contributed by atoms with Gasteiger partial charge in [-0.1, -0.05) is 30.3 Å². The lowest BCUT2D eigenvalue weighted by molar-refractivity contribution is -0.139. The molecule has 6 rings (SSSR count). The minimum absolute atomic E-state index is 0.0240. The normalized spacial score (nSPS) is 20.8. The van der Waals surface area contributed by atoms with Crippen LogP contribution in [0.25, 0.3) is 11.3 Å². The first-order valence-corrected chi connectivity index (χ1v) is 21.2. The number of thioether (sulfide) groups is 1. The molecule has 0 bridgehead atoms. The number of nitrogens with zero attached hydrogens (tertiary/aromatic N) is 4. The molecule has 3 saturated heterocycles. The zero-order valence-electron chi connectivity index (χ0n) is 33.2. The molecule has 0 radical (unpaired) electrons. The lowest BCUT2D eigenvalue weighted by Crippen LogP contribution is -2.52. The van der Waals surface area contributed by atoms with Gasteiger partial charge in [-0.3, -0.25) is 14.5 Å². The molecule has 0 spiro atoms. The van der Waals surface area contributed by atoms with Crippen molar-refractivity contribution in [2.24, 2.45) is 11.8 Å². The lowest BCUT2D eigenvalue weighted by Gasteiger charge is -2.40. The molecule has 320 valence electrons. The average molecular weight is 844 g/mol. The molecule has 3 N–H and O–H groups in total. The number of ether oxygens (including phenoxy) is 3. The van der Waals surface area contributed by atoms with E-state index in [1.54, 1.807) is 24.3 Å². The molecule has 2 unspecified atom stereocenters. The molecule has 0 aliphatic carbocycles. The van der Waals surface area contributed by atoms with Gasteiger partial charge in [0.15, 0.2) is 0 Å². The van der Waals surface area contributed by atoms with Crippen LogP contribution in [-0.2, 0) is 30.3 Å². The Morgan fingerprint density at radius 1 is 1.10 bits per heavy atom. The third-order valence-corrected chi connectivity index (χ3v) is 11.7. The molecule has 5 amide bonds. The molecule has 4 heterocycles. The topological polar surface area (TPSA) is 156 Å². The molecule has 3 fully saturated rings. The van der Waals surface area contributed by atoms with E-state index in [1.807, 2.05) is 34.9 Å². The number of alkyl carbamates (subject to hydrolysis) is 1. The molecule has 59 heavy (non-hydrogen) atoms. The molecule has 3 aromatic rings. The van der Waals surface area contributed by atoms with Crippen LogP contribution in [-0.4, -0.2) is 133 Å². The number of imidazole rings is 1. The second-order valence-corrected chi connectivity index (χ2v) is 16.0. The van der Waals surface area contributed by atoms with Crippen molar-refractivity contribution in [1.82, 2.24) is 35.3 Å². The van der Waals surface area contributed by atoms with Crippen LogP contribution in [0.3, 0.4) is 0 Å². The first-order valence-electron chi connectivity index (χ1n) is 19.9. The Morgan fingerprint density at radius 2 is 1.88 bits per heavy atom. The van der Waals surface area contributed by atoms with Gasteiger partial charge in [0, 0.05) is 70.0 Å². The van der Waals surface area contributed by atoms with E-state index < -0.39 is 47.9 Å². The number of rotatable bonds is 18. The van der Waals surface area contributed by atoms with E-state index in [1.165, 1.54) is 16.7 Å². The fraction of sp³-hybridized carbons (Fsp3) is 0.537. The van der Waals surface area contributed by atoms with Gasteiger partial charge in [-0.05, 0) is 55.7 Å². The van der Waals surface area contributed by atoms with Crippen molar-refractivity contribution < 1.29 is 46.6 Å². The maximum absolute atomic E-state index is 15.3. The fourth-order valence-corrected chi connectivity index (χ4v) is 8.27. The molecule has 5 atom stereocenters. The second kappa shape index (κ2) is 21.0. The number of hydrogen-bond donors (Lipinski definition) is 3.